The van der Waals surface area contributed by atoms with E-state index < -0.39 is 0 Å². The van der Waals surface area contributed by atoms with E-state index in [9.17, 15) is 0 Å². The van der Waals surface area contributed by atoms with Gasteiger partial charge in [-0.05, 0) is 24.6 Å². The Kier molecular flexibility index (Phi) is 4.94. The zero-order valence-corrected chi connectivity index (χ0v) is 9.39. The first kappa shape index (κ1) is 11.5. The first-order chi connectivity index (χ1) is 6.74. The van der Waals surface area contributed by atoms with E-state index in [4.69, 9.17) is 23.2 Å². The standard InChI is InChI=1S/C10H12Cl2N2/c1-8(14-7-10(12)6-11)9-2-4-13-5-3-9/h2-6,8,14H,7H2,1H3/b10-6-/t8-/m0/s1. The molecular weight excluding hydrogens is 219 g/mol. The minimum Gasteiger partial charge on any atom is -0.305 e. The van der Waals surface area contributed by atoms with E-state index in [1.165, 1.54) is 11.1 Å². The van der Waals surface area contributed by atoms with Crippen LogP contribution in [-0.4, -0.2) is 11.5 Å². The second-order valence-electron chi connectivity index (χ2n) is 2.94. The van der Waals surface area contributed by atoms with Crippen LogP contribution >= 0.6 is 23.2 Å². The number of halogens is 2. The van der Waals surface area contributed by atoms with Gasteiger partial charge in [0.15, 0.2) is 0 Å². The van der Waals surface area contributed by atoms with Crippen molar-refractivity contribution in [1.82, 2.24) is 10.3 Å². The van der Waals surface area contributed by atoms with Gasteiger partial charge in [0.05, 0.1) is 0 Å². The predicted octanol–water partition coefficient (Wildman–Crippen LogP) is 3.05. The van der Waals surface area contributed by atoms with Gasteiger partial charge < -0.3 is 5.32 Å². The molecule has 0 saturated heterocycles. The van der Waals surface area contributed by atoms with E-state index in [-0.39, 0.29) is 6.04 Å². The normalized spacial score (nSPS) is 14.1. The first-order valence-electron chi connectivity index (χ1n) is 4.32. The number of aromatic nitrogens is 1. The van der Waals surface area contributed by atoms with Gasteiger partial charge in [0, 0.05) is 35.5 Å². The maximum Gasteiger partial charge on any atom is 0.0432 e. The van der Waals surface area contributed by atoms with Gasteiger partial charge in [0.1, 0.15) is 0 Å². The minimum absolute atomic E-state index is 0.239. The van der Waals surface area contributed by atoms with Gasteiger partial charge >= 0.3 is 0 Å². The van der Waals surface area contributed by atoms with Gasteiger partial charge in [0.25, 0.3) is 0 Å². The summed E-state index contributed by atoms with van der Waals surface area (Å²) in [6.45, 7) is 2.64. The molecule has 0 aliphatic heterocycles. The van der Waals surface area contributed by atoms with E-state index in [2.05, 4.69) is 17.2 Å². The maximum absolute atomic E-state index is 5.75. The highest BCUT2D eigenvalue weighted by Gasteiger charge is 2.03. The van der Waals surface area contributed by atoms with Crippen LogP contribution in [0.3, 0.4) is 0 Å². The van der Waals surface area contributed by atoms with Crippen molar-refractivity contribution in [3.8, 4) is 0 Å². The lowest BCUT2D eigenvalue weighted by Gasteiger charge is -2.12. The molecule has 1 aromatic heterocycles. The van der Waals surface area contributed by atoms with Crippen LogP contribution in [0.15, 0.2) is 35.1 Å². The Morgan fingerprint density at radius 2 is 2.21 bits per heavy atom. The second-order valence-corrected chi connectivity index (χ2v) is 3.64. The van der Waals surface area contributed by atoms with E-state index in [0.29, 0.717) is 11.6 Å². The zero-order valence-electron chi connectivity index (χ0n) is 7.87. The van der Waals surface area contributed by atoms with Crippen LogP contribution in [0.4, 0.5) is 0 Å². The molecule has 76 valence electrons. The third-order valence-electron chi connectivity index (χ3n) is 1.90. The molecule has 2 nitrogen and oxygen atoms in total. The topological polar surface area (TPSA) is 24.9 Å². The Balaban J connectivity index is 2.47. The molecule has 0 radical (unpaired) electrons. The van der Waals surface area contributed by atoms with Gasteiger partial charge in [-0.3, -0.25) is 4.98 Å². The minimum atomic E-state index is 0.239. The van der Waals surface area contributed by atoms with Crippen molar-refractivity contribution < 1.29 is 0 Å². The van der Waals surface area contributed by atoms with Crippen LogP contribution in [0, 0.1) is 0 Å². The van der Waals surface area contributed by atoms with Crippen molar-refractivity contribution in [3.63, 3.8) is 0 Å². The summed E-state index contributed by atoms with van der Waals surface area (Å²) in [7, 11) is 0. The van der Waals surface area contributed by atoms with Crippen LogP contribution in [0.2, 0.25) is 0 Å². The lowest BCUT2D eigenvalue weighted by Crippen LogP contribution is -2.19. The summed E-state index contributed by atoms with van der Waals surface area (Å²) in [4.78, 5) is 3.95. The Labute approximate surface area is 93.9 Å². The maximum atomic E-state index is 5.75. The smallest absolute Gasteiger partial charge is 0.0432 e. The first-order valence-corrected chi connectivity index (χ1v) is 5.13. The lowest BCUT2D eigenvalue weighted by molar-refractivity contribution is 0.613. The zero-order chi connectivity index (χ0) is 10.4. The molecule has 1 rings (SSSR count). The molecule has 0 saturated carbocycles. The summed E-state index contributed by atoms with van der Waals surface area (Å²) >= 11 is 11.2. The van der Waals surface area contributed by atoms with Crippen molar-refractivity contribution in [2.45, 2.75) is 13.0 Å². The van der Waals surface area contributed by atoms with Crippen LogP contribution < -0.4 is 5.32 Å². The lowest BCUT2D eigenvalue weighted by atomic mass is 10.1. The van der Waals surface area contributed by atoms with Crippen LogP contribution in [0.25, 0.3) is 0 Å². The van der Waals surface area contributed by atoms with Crippen molar-refractivity contribution in [2.75, 3.05) is 6.54 Å². The average molecular weight is 231 g/mol. The molecular formula is C10H12Cl2N2. The molecule has 0 aliphatic rings. The fourth-order valence-corrected chi connectivity index (χ4v) is 1.21. The Morgan fingerprint density at radius 3 is 2.79 bits per heavy atom. The quantitative estimate of drug-likeness (QED) is 0.861. The molecule has 0 fully saturated rings. The average Bonchev–Trinajstić information content (AvgIpc) is 2.26. The monoisotopic (exact) mass is 230 g/mol. The van der Waals surface area contributed by atoms with Crippen molar-refractivity contribution in [1.29, 1.82) is 0 Å². The molecule has 0 aromatic carbocycles. The molecule has 0 amide bonds. The molecule has 0 spiro atoms. The van der Waals surface area contributed by atoms with Gasteiger partial charge in [0.2, 0.25) is 0 Å². The fourth-order valence-electron chi connectivity index (χ4n) is 1.06. The molecule has 0 unspecified atom stereocenters. The number of rotatable bonds is 4. The van der Waals surface area contributed by atoms with Gasteiger partial charge in [-0.25, -0.2) is 0 Å². The number of nitrogens with zero attached hydrogens (tertiary/aromatic N) is 1. The van der Waals surface area contributed by atoms with Crippen molar-refractivity contribution in [3.05, 3.63) is 40.7 Å². The van der Waals surface area contributed by atoms with Gasteiger partial charge in [-0.2, -0.15) is 0 Å². The summed E-state index contributed by atoms with van der Waals surface area (Å²) < 4.78 is 0. The number of nitrogens with one attached hydrogen (secondary N) is 1. The highest BCUT2D eigenvalue weighted by atomic mass is 35.5. The third kappa shape index (κ3) is 3.66. The van der Waals surface area contributed by atoms with Gasteiger partial charge in [-0.1, -0.05) is 23.2 Å². The Morgan fingerprint density at radius 1 is 1.57 bits per heavy atom. The van der Waals surface area contributed by atoms with E-state index in [1.54, 1.807) is 12.4 Å². The summed E-state index contributed by atoms with van der Waals surface area (Å²) in [5, 5.41) is 3.84. The molecule has 1 heterocycles. The summed E-state index contributed by atoms with van der Waals surface area (Å²) in [5.74, 6) is 0. The predicted molar refractivity (Wildman–Crippen MR) is 60.4 cm³/mol. The number of pyridine rings is 1. The Hall–Kier alpha value is -0.570. The molecule has 14 heavy (non-hydrogen) atoms. The van der Waals surface area contributed by atoms with E-state index >= 15 is 0 Å². The van der Waals surface area contributed by atoms with Crippen molar-refractivity contribution in [2.24, 2.45) is 0 Å². The molecule has 1 aromatic rings. The molecule has 0 bridgehead atoms. The Bertz CT molecular complexity index is 298. The largest absolute Gasteiger partial charge is 0.305 e. The van der Waals surface area contributed by atoms with E-state index in [1.807, 2.05) is 12.1 Å². The fraction of sp³-hybridized carbons (Fsp3) is 0.300. The highest BCUT2D eigenvalue weighted by Crippen LogP contribution is 2.11. The van der Waals surface area contributed by atoms with E-state index in [0.717, 1.165) is 0 Å². The summed E-state index contributed by atoms with van der Waals surface area (Å²) in [5.41, 5.74) is 2.55. The second kappa shape index (κ2) is 6.02. The number of hydrogen-bond acceptors (Lipinski definition) is 2. The molecule has 0 aliphatic carbocycles. The molecule has 4 heteroatoms. The number of hydrogen-bond donors (Lipinski definition) is 1. The summed E-state index contributed by atoms with van der Waals surface area (Å²) in [6.07, 6.45) is 3.54. The SMILES string of the molecule is C[C@H](NC/C(Cl)=C/Cl)c1ccncc1. The van der Waals surface area contributed by atoms with Crippen LogP contribution in [0.5, 0.6) is 0 Å². The van der Waals surface area contributed by atoms with Gasteiger partial charge in [-0.15, -0.1) is 0 Å². The van der Waals surface area contributed by atoms with Crippen molar-refractivity contribution >= 4 is 23.2 Å². The van der Waals surface area contributed by atoms with Crippen LogP contribution in [0.1, 0.15) is 18.5 Å². The van der Waals surface area contributed by atoms with Crippen LogP contribution in [-0.2, 0) is 0 Å². The molecule has 1 atom stereocenters. The molecule has 1 N–H and O–H groups in total. The summed E-state index contributed by atoms with van der Waals surface area (Å²) in [6, 6.07) is 4.18. The highest BCUT2D eigenvalue weighted by molar-refractivity contribution is 6.36. The third-order valence-corrected chi connectivity index (χ3v) is 2.52.